The molecule has 6 rings (SSSR count). The highest BCUT2D eigenvalue weighted by Gasteiger charge is 2.31. The van der Waals surface area contributed by atoms with E-state index in [0.29, 0.717) is 18.2 Å². The highest BCUT2D eigenvalue weighted by atomic mass is 16.4. The molecule has 0 saturated heterocycles. The molecule has 0 saturated carbocycles. The summed E-state index contributed by atoms with van der Waals surface area (Å²) >= 11 is 0. The van der Waals surface area contributed by atoms with Gasteiger partial charge in [0.25, 0.3) is 0 Å². The molecule has 206 valence electrons. The first-order valence-electron chi connectivity index (χ1n) is 13.9. The van der Waals surface area contributed by atoms with Crippen LogP contribution < -0.4 is 0 Å². The number of carboxylic acids is 1. The number of imidazole rings is 1. The molecule has 0 fully saturated rings. The summed E-state index contributed by atoms with van der Waals surface area (Å²) in [5, 5.41) is 10.1. The predicted molar refractivity (Wildman–Crippen MR) is 160 cm³/mol. The van der Waals surface area contributed by atoms with Gasteiger partial charge in [0.15, 0.2) is 0 Å². The van der Waals surface area contributed by atoms with Crippen LogP contribution in [0.25, 0.3) is 22.2 Å². The van der Waals surface area contributed by atoms with Gasteiger partial charge in [-0.3, -0.25) is 0 Å². The molecule has 1 unspecified atom stereocenters. The molecular formula is C33H36N4O3. The minimum absolute atomic E-state index is 0. The summed E-state index contributed by atoms with van der Waals surface area (Å²) in [7, 11) is 2.15. The maximum Gasteiger partial charge on any atom is 0.336 e. The van der Waals surface area contributed by atoms with E-state index in [9.17, 15) is 9.90 Å². The Kier molecular flexibility index (Phi) is 7.59. The van der Waals surface area contributed by atoms with Crippen LogP contribution in [0.5, 0.6) is 0 Å². The van der Waals surface area contributed by atoms with E-state index in [0.717, 1.165) is 76.2 Å². The van der Waals surface area contributed by atoms with E-state index in [-0.39, 0.29) is 5.48 Å². The normalized spacial score (nSPS) is 16.4. The number of aromatic carboxylic acids is 1. The van der Waals surface area contributed by atoms with Crippen LogP contribution in [0.3, 0.4) is 0 Å². The number of aliphatic imine (C=N–C) groups is 1. The van der Waals surface area contributed by atoms with Gasteiger partial charge in [-0.15, -0.1) is 0 Å². The topological polar surface area (TPSA) is 102 Å². The van der Waals surface area contributed by atoms with Crippen molar-refractivity contribution in [1.29, 1.82) is 0 Å². The number of nitrogens with zero attached hydrogens (tertiary/aromatic N) is 4. The maximum atomic E-state index is 12.3. The zero-order valence-electron chi connectivity index (χ0n) is 23.3. The van der Waals surface area contributed by atoms with Gasteiger partial charge in [-0.2, -0.15) is 0 Å². The second-order valence-corrected chi connectivity index (χ2v) is 10.7. The maximum absolute atomic E-state index is 12.3. The summed E-state index contributed by atoms with van der Waals surface area (Å²) in [6.45, 7) is 4.84. The first-order valence-corrected chi connectivity index (χ1v) is 13.9. The number of benzene rings is 3. The lowest BCUT2D eigenvalue weighted by molar-refractivity contribution is 0.0697. The first kappa shape index (κ1) is 27.3. The van der Waals surface area contributed by atoms with Gasteiger partial charge in [-0.05, 0) is 73.1 Å². The third kappa shape index (κ3) is 4.82. The van der Waals surface area contributed by atoms with Gasteiger partial charge in [0.1, 0.15) is 11.7 Å². The molecule has 1 aliphatic carbocycles. The minimum Gasteiger partial charge on any atom is -0.478 e. The van der Waals surface area contributed by atoms with Crippen molar-refractivity contribution in [1.82, 2.24) is 14.5 Å². The molecule has 3 N–H and O–H groups in total. The lowest BCUT2D eigenvalue weighted by Crippen LogP contribution is -2.33. The second kappa shape index (κ2) is 11.1. The molecule has 3 aromatic carbocycles. The Labute approximate surface area is 234 Å². The molecule has 1 aliphatic heterocycles. The van der Waals surface area contributed by atoms with E-state index >= 15 is 0 Å². The number of carboxylic acid groups (broad SMARTS) is 1. The van der Waals surface area contributed by atoms with Crippen molar-refractivity contribution in [2.45, 2.75) is 58.5 Å². The number of allylic oxidation sites excluding steroid dienone is 1. The fourth-order valence-corrected chi connectivity index (χ4v) is 6.05. The molecule has 40 heavy (non-hydrogen) atoms. The zero-order valence-corrected chi connectivity index (χ0v) is 23.3. The average molecular weight is 537 g/mol. The summed E-state index contributed by atoms with van der Waals surface area (Å²) in [4.78, 5) is 24.7. The number of hydrogen-bond donors (Lipinski definition) is 1. The minimum atomic E-state index is -0.920. The molecule has 7 heteroatoms. The number of aromatic nitrogens is 2. The monoisotopic (exact) mass is 536 g/mol. The molecule has 2 aliphatic rings. The van der Waals surface area contributed by atoms with Crippen molar-refractivity contribution in [2.75, 3.05) is 7.05 Å². The lowest BCUT2D eigenvalue weighted by atomic mass is 9.97. The number of fused-ring (bicyclic) bond motifs is 2. The van der Waals surface area contributed by atoms with Gasteiger partial charge < -0.3 is 20.0 Å². The van der Waals surface area contributed by atoms with E-state index < -0.39 is 5.97 Å². The standard InChI is InChI=1S/C33H34N4O2.H2O/c1-4-10-30-35-31-21(2)17-24(32-34-27-13-8-9-14-28(27)36(32)3)19-29(31)37(30)20-22-15-16-25(26(18-22)33(38)39)23-11-6-5-7-12-23;/h5-7,11-13,15-19,28H,4,8-10,14,20H2,1-3H3,(H,38,39);1H2. The molecule has 0 amide bonds. The van der Waals surface area contributed by atoms with Crippen LogP contribution in [-0.2, 0) is 13.0 Å². The molecule has 1 aromatic heterocycles. The smallest absolute Gasteiger partial charge is 0.336 e. The molecule has 0 bridgehead atoms. The fraction of sp³-hybridized carbons (Fsp3) is 0.303. The number of aryl methyl sites for hydroxylation is 2. The second-order valence-electron chi connectivity index (χ2n) is 10.7. The van der Waals surface area contributed by atoms with Crippen LogP contribution in [0.1, 0.15) is 65.5 Å². The van der Waals surface area contributed by atoms with Crippen LogP contribution in [0.15, 0.2) is 77.4 Å². The Morgan fingerprint density at radius 1 is 1.07 bits per heavy atom. The quantitative estimate of drug-likeness (QED) is 0.312. The van der Waals surface area contributed by atoms with Crippen LogP contribution in [-0.4, -0.2) is 49.9 Å². The Morgan fingerprint density at radius 3 is 2.60 bits per heavy atom. The van der Waals surface area contributed by atoms with Crippen LogP contribution >= 0.6 is 0 Å². The van der Waals surface area contributed by atoms with Gasteiger partial charge in [-0.1, -0.05) is 55.5 Å². The molecule has 2 heterocycles. The van der Waals surface area contributed by atoms with Gasteiger partial charge in [0.05, 0.1) is 28.3 Å². The number of rotatable bonds is 7. The van der Waals surface area contributed by atoms with Gasteiger partial charge in [-0.25, -0.2) is 14.8 Å². The zero-order chi connectivity index (χ0) is 27.1. The van der Waals surface area contributed by atoms with Gasteiger partial charge in [0, 0.05) is 25.6 Å². The molecule has 0 radical (unpaired) electrons. The molecule has 1 atom stereocenters. The molecule has 0 spiro atoms. The Hall–Kier alpha value is -4.23. The predicted octanol–water partition coefficient (Wildman–Crippen LogP) is 6.01. The molecule has 7 nitrogen and oxygen atoms in total. The summed E-state index contributed by atoms with van der Waals surface area (Å²) in [6, 6.07) is 20.3. The van der Waals surface area contributed by atoms with E-state index in [2.05, 4.69) is 48.6 Å². The summed E-state index contributed by atoms with van der Waals surface area (Å²) in [5.74, 6) is 1.12. The first-order chi connectivity index (χ1) is 18.9. The van der Waals surface area contributed by atoms with Gasteiger partial charge in [0.2, 0.25) is 0 Å². The largest absolute Gasteiger partial charge is 0.478 e. The van der Waals surface area contributed by atoms with Gasteiger partial charge >= 0.3 is 5.97 Å². The van der Waals surface area contributed by atoms with Crippen molar-refractivity contribution < 1.29 is 15.4 Å². The number of amidine groups is 1. The average Bonchev–Trinajstić information content (AvgIpc) is 3.47. The van der Waals surface area contributed by atoms with E-state index in [1.807, 2.05) is 48.5 Å². The highest BCUT2D eigenvalue weighted by molar-refractivity contribution is 6.04. The highest BCUT2D eigenvalue weighted by Crippen LogP contribution is 2.33. The number of likely N-dealkylation sites (N-methyl/N-ethyl adjacent to an activating group) is 1. The van der Waals surface area contributed by atoms with Crippen molar-refractivity contribution >= 4 is 22.8 Å². The Balaban J connectivity index is 0.00000323. The van der Waals surface area contributed by atoms with Crippen molar-refractivity contribution in [3.63, 3.8) is 0 Å². The van der Waals surface area contributed by atoms with E-state index in [1.54, 1.807) is 0 Å². The number of carbonyl (C=O) groups is 1. The Bertz CT molecular complexity index is 1630. The summed E-state index contributed by atoms with van der Waals surface area (Å²) in [6.07, 6.45) is 7.56. The third-order valence-corrected chi connectivity index (χ3v) is 8.01. The van der Waals surface area contributed by atoms with Crippen molar-refractivity contribution in [3.8, 4) is 11.1 Å². The lowest BCUT2D eigenvalue weighted by Gasteiger charge is -2.26. The van der Waals surface area contributed by atoms with Crippen LogP contribution in [0, 0.1) is 6.92 Å². The SMILES string of the molecule is CCCc1nc2c(C)cc(C3=NC4=CCCCC4N3C)cc2n1Cc1ccc(-c2ccccc2)c(C(=O)O)c1.O. The fourth-order valence-electron chi connectivity index (χ4n) is 6.05. The summed E-state index contributed by atoms with van der Waals surface area (Å²) in [5.41, 5.74) is 8.38. The third-order valence-electron chi connectivity index (χ3n) is 8.01. The van der Waals surface area contributed by atoms with E-state index in [1.165, 1.54) is 12.1 Å². The number of hydrogen-bond acceptors (Lipinski definition) is 4. The molecule has 4 aromatic rings. The summed E-state index contributed by atoms with van der Waals surface area (Å²) < 4.78 is 2.26. The van der Waals surface area contributed by atoms with Crippen molar-refractivity contribution in [2.24, 2.45) is 4.99 Å². The molecular weight excluding hydrogens is 500 g/mol. The van der Waals surface area contributed by atoms with Crippen LogP contribution in [0.2, 0.25) is 0 Å². The Morgan fingerprint density at radius 2 is 1.88 bits per heavy atom. The van der Waals surface area contributed by atoms with Crippen molar-refractivity contribution in [3.05, 3.63) is 101 Å². The van der Waals surface area contributed by atoms with Crippen LogP contribution in [0.4, 0.5) is 0 Å². The van der Waals surface area contributed by atoms with E-state index in [4.69, 9.17) is 9.98 Å².